The molecule has 1 atom stereocenters. The van der Waals surface area contributed by atoms with Gasteiger partial charge in [0, 0.05) is 49.6 Å². The van der Waals surface area contributed by atoms with Gasteiger partial charge in [-0.2, -0.15) is 11.8 Å². The highest BCUT2D eigenvalue weighted by molar-refractivity contribution is 7.99. The molecule has 7 heteroatoms. The Labute approximate surface area is 133 Å². The van der Waals surface area contributed by atoms with Crippen LogP contribution in [0.25, 0.3) is 0 Å². The molecule has 0 aromatic carbocycles. The summed E-state index contributed by atoms with van der Waals surface area (Å²) in [6.45, 7) is 6.72. The molecule has 21 heavy (non-hydrogen) atoms. The molecule has 1 aromatic heterocycles. The van der Waals surface area contributed by atoms with Crippen LogP contribution in [0.1, 0.15) is 10.7 Å². The normalized spacial score (nSPS) is 24.2. The van der Waals surface area contributed by atoms with Crippen LogP contribution in [0, 0.1) is 6.92 Å². The maximum absolute atomic E-state index is 12.5. The fourth-order valence-electron chi connectivity index (χ4n) is 2.69. The van der Waals surface area contributed by atoms with Crippen LogP contribution in [0.2, 0.25) is 0 Å². The number of thioether (sulfide) groups is 1. The minimum atomic E-state index is -0.304. The van der Waals surface area contributed by atoms with E-state index in [1.807, 2.05) is 23.6 Å². The number of carbonyl (C=O) groups excluding carboxylic acids is 1. The van der Waals surface area contributed by atoms with Crippen LogP contribution in [-0.2, 0) is 16.1 Å². The van der Waals surface area contributed by atoms with Gasteiger partial charge in [0.2, 0.25) is 0 Å². The number of morpholine rings is 1. The number of hydrogen-bond donors (Lipinski definition) is 0. The molecule has 1 unspecified atom stereocenters. The second kappa shape index (κ2) is 7.09. The first kappa shape index (κ1) is 15.3. The maximum Gasteiger partial charge on any atom is 0.253 e. The molecule has 0 bridgehead atoms. The standard InChI is InChI=1S/C14H21N3O2S2/c1-11-15-12(10-21-11)8-16-2-5-19-13(9-16)14(18)17-3-6-20-7-4-17/h10,13H,2-9H2,1H3. The second-order valence-corrected chi connectivity index (χ2v) is 7.68. The Morgan fingerprint density at radius 3 is 2.95 bits per heavy atom. The first-order valence-corrected chi connectivity index (χ1v) is 9.37. The van der Waals surface area contributed by atoms with Gasteiger partial charge < -0.3 is 9.64 Å². The summed E-state index contributed by atoms with van der Waals surface area (Å²) in [4.78, 5) is 21.2. The number of aromatic nitrogens is 1. The van der Waals surface area contributed by atoms with E-state index in [2.05, 4.69) is 15.3 Å². The highest BCUT2D eigenvalue weighted by atomic mass is 32.2. The van der Waals surface area contributed by atoms with Crippen LogP contribution in [0.3, 0.4) is 0 Å². The second-order valence-electron chi connectivity index (χ2n) is 5.39. The van der Waals surface area contributed by atoms with Gasteiger partial charge in [0.25, 0.3) is 5.91 Å². The molecule has 2 fully saturated rings. The van der Waals surface area contributed by atoms with E-state index in [4.69, 9.17) is 4.74 Å². The van der Waals surface area contributed by atoms with Crippen molar-refractivity contribution in [3.8, 4) is 0 Å². The maximum atomic E-state index is 12.5. The molecule has 2 aliphatic heterocycles. The van der Waals surface area contributed by atoms with Crippen LogP contribution in [0.15, 0.2) is 5.38 Å². The summed E-state index contributed by atoms with van der Waals surface area (Å²) in [5, 5.41) is 3.19. The zero-order valence-electron chi connectivity index (χ0n) is 12.3. The van der Waals surface area contributed by atoms with E-state index in [1.54, 1.807) is 11.3 Å². The Hall–Kier alpha value is -0.630. The van der Waals surface area contributed by atoms with E-state index in [-0.39, 0.29) is 12.0 Å². The van der Waals surface area contributed by atoms with E-state index in [9.17, 15) is 4.79 Å². The lowest BCUT2D eigenvalue weighted by molar-refractivity contribution is -0.149. The van der Waals surface area contributed by atoms with Crippen LogP contribution < -0.4 is 0 Å². The predicted molar refractivity (Wildman–Crippen MR) is 85.8 cm³/mol. The molecule has 2 aliphatic rings. The van der Waals surface area contributed by atoms with Crippen molar-refractivity contribution in [2.45, 2.75) is 19.6 Å². The number of carbonyl (C=O) groups is 1. The molecule has 0 N–H and O–H groups in total. The average Bonchev–Trinajstić information content (AvgIpc) is 2.93. The number of thiazole rings is 1. The quantitative estimate of drug-likeness (QED) is 0.835. The van der Waals surface area contributed by atoms with Gasteiger partial charge in [-0.25, -0.2) is 4.98 Å². The lowest BCUT2D eigenvalue weighted by atomic mass is 10.2. The molecule has 3 rings (SSSR count). The lowest BCUT2D eigenvalue weighted by Crippen LogP contribution is -2.52. The number of aryl methyl sites for hydroxylation is 1. The SMILES string of the molecule is Cc1nc(CN2CCOC(C(=O)N3CCSCC3)C2)cs1. The predicted octanol–water partition coefficient (Wildman–Crippen LogP) is 1.23. The van der Waals surface area contributed by atoms with Gasteiger partial charge in [0.15, 0.2) is 0 Å². The van der Waals surface area contributed by atoms with Crippen LogP contribution in [0.4, 0.5) is 0 Å². The zero-order chi connectivity index (χ0) is 14.7. The molecule has 2 saturated heterocycles. The van der Waals surface area contributed by atoms with E-state index >= 15 is 0 Å². The molecule has 0 radical (unpaired) electrons. The summed E-state index contributed by atoms with van der Waals surface area (Å²) >= 11 is 3.59. The number of rotatable bonds is 3. The van der Waals surface area contributed by atoms with Crippen molar-refractivity contribution < 1.29 is 9.53 Å². The van der Waals surface area contributed by atoms with Crippen LogP contribution in [-0.4, -0.2) is 71.1 Å². The minimum Gasteiger partial charge on any atom is -0.366 e. The Kier molecular flexibility index (Phi) is 5.15. The molecule has 5 nitrogen and oxygen atoms in total. The topological polar surface area (TPSA) is 45.7 Å². The summed E-state index contributed by atoms with van der Waals surface area (Å²) in [5.74, 6) is 2.25. The largest absolute Gasteiger partial charge is 0.366 e. The van der Waals surface area contributed by atoms with Crippen molar-refractivity contribution >= 4 is 29.0 Å². The van der Waals surface area contributed by atoms with E-state index < -0.39 is 0 Å². The third-order valence-electron chi connectivity index (χ3n) is 3.80. The Morgan fingerprint density at radius 2 is 2.24 bits per heavy atom. The summed E-state index contributed by atoms with van der Waals surface area (Å²) in [5.41, 5.74) is 1.10. The number of ether oxygens (including phenoxy) is 1. The van der Waals surface area contributed by atoms with Gasteiger partial charge in [-0.1, -0.05) is 0 Å². The van der Waals surface area contributed by atoms with E-state index in [1.165, 1.54) is 0 Å². The number of hydrogen-bond acceptors (Lipinski definition) is 6. The first-order valence-electron chi connectivity index (χ1n) is 7.34. The van der Waals surface area contributed by atoms with Crippen molar-refractivity contribution in [2.24, 2.45) is 0 Å². The third-order valence-corrected chi connectivity index (χ3v) is 5.57. The number of nitrogens with zero attached hydrogens (tertiary/aromatic N) is 3. The van der Waals surface area contributed by atoms with Crippen molar-refractivity contribution in [1.29, 1.82) is 0 Å². The van der Waals surface area contributed by atoms with Gasteiger partial charge in [0.1, 0.15) is 6.10 Å². The lowest BCUT2D eigenvalue weighted by Gasteiger charge is -2.35. The fraction of sp³-hybridized carbons (Fsp3) is 0.714. The highest BCUT2D eigenvalue weighted by Gasteiger charge is 2.31. The summed E-state index contributed by atoms with van der Waals surface area (Å²) in [7, 11) is 0. The molecule has 1 aromatic rings. The van der Waals surface area contributed by atoms with E-state index in [0.717, 1.165) is 48.4 Å². The molecule has 1 amide bonds. The van der Waals surface area contributed by atoms with E-state index in [0.29, 0.717) is 13.2 Å². The van der Waals surface area contributed by atoms with Gasteiger partial charge in [-0.05, 0) is 6.92 Å². The monoisotopic (exact) mass is 327 g/mol. The summed E-state index contributed by atoms with van der Waals surface area (Å²) in [6.07, 6.45) is -0.304. The Morgan fingerprint density at radius 1 is 1.43 bits per heavy atom. The molecule has 3 heterocycles. The van der Waals surface area contributed by atoms with Gasteiger partial charge >= 0.3 is 0 Å². The molecular weight excluding hydrogens is 306 g/mol. The smallest absolute Gasteiger partial charge is 0.253 e. The van der Waals surface area contributed by atoms with Gasteiger partial charge in [-0.3, -0.25) is 9.69 Å². The first-order chi connectivity index (χ1) is 10.2. The van der Waals surface area contributed by atoms with Gasteiger partial charge in [-0.15, -0.1) is 11.3 Å². The van der Waals surface area contributed by atoms with Crippen molar-refractivity contribution in [1.82, 2.24) is 14.8 Å². The molecular formula is C14H21N3O2S2. The molecule has 0 saturated carbocycles. The van der Waals surface area contributed by atoms with Gasteiger partial charge in [0.05, 0.1) is 17.3 Å². The Bertz CT molecular complexity index is 488. The van der Waals surface area contributed by atoms with Crippen molar-refractivity contribution in [2.75, 3.05) is 44.3 Å². The van der Waals surface area contributed by atoms with Crippen LogP contribution >= 0.6 is 23.1 Å². The molecule has 116 valence electrons. The minimum absolute atomic E-state index is 0.162. The molecule has 0 spiro atoms. The number of amides is 1. The molecule has 0 aliphatic carbocycles. The average molecular weight is 327 g/mol. The summed E-state index contributed by atoms with van der Waals surface area (Å²) < 4.78 is 5.71. The van der Waals surface area contributed by atoms with Crippen molar-refractivity contribution in [3.63, 3.8) is 0 Å². The highest BCUT2D eigenvalue weighted by Crippen LogP contribution is 2.16. The third kappa shape index (κ3) is 3.97. The fourth-order valence-corrected chi connectivity index (χ4v) is 4.20. The summed E-state index contributed by atoms with van der Waals surface area (Å²) in [6, 6.07) is 0. The van der Waals surface area contributed by atoms with Crippen LogP contribution in [0.5, 0.6) is 0 Å². The zero-order valence-corrected chi connectivity index (χ0v) is 13.9. The van der Waals surface area contributed by atoms with Crippen molar-refractivity contribution in [3.05, 3.63) is 16.1 Å². The Balaban J connectivity index is 1.56.